The molecular weight excluding hydrogens is 234 g/mol. The first-order chi connectivity index (χ1) is 8.97. The van der Waals surface area contributed by atoms with Gasteiger partial charge in [0.2, 0.25) is 0 Å². The number of rotatable bonds is 4. The van der Waals surface area contributed by atoms with Crippen LogP contribution in [-0.2, 0) is 5.54 Å². The second-order valence-corrected chi connectivity index (χ2v) is 6.13. The minimum Gasteiger partial charge on any atom is -0.370 e. The van der Waals surface area contributed by atoms with Gasteiger partial charge in [-0.2, -0.15) is 0 Å². The summed E-state index contributed by atoms with van der Waals surface area (Å²) in [6, 6.07) is 11.0. The fourth-order valence-electron chi connectivity index (χ4n) is 3.28. The molecule has 0 aliphatic carbocycles. The van der Waals surface area contributed by atoms with Gasteiger partial charge in [-0.3, -0.25) is 4.99 Å². The molecule has 1 unspecified atom stereocenters. The summed E-state index contributed by atoms with van der Waals surface area (Å²) in [5.74, 6) is 1.28. The molecular formula is C16H25N3. The Morgan fingerprint density at radius 2 is 1.84 bits per heavy atom. The van der Waals surface area contributed by atoms with E-state index in [1.54, 1.807) is 0 Å². The van der Waals surface area contributed by atoms with E-state index in [9.17, 15) is 0 Å². The topological polar surface area (TPSA) is 41.6 Å². The van der Waals surface area contributed by atoms with Gasteiger partial charge in [-0.25, -0.2) is 0 Å². The van der Waals surface area contributed by atoms with E-state index in [1.807, 2.05) is 0 Å². The molecule has 0 amide bonds. The third kappa shape index (κ3) is 2.46. The third-order valence-corrected chi connectivity index (χ3v) is 3.78. The summed E-state index contributed by atoms with van der Waals surface area (Å²) < 4.78 is 0. The summed E-state index contributed by atoms with van der Waals surface area (Å²) in [4.78, 5) is 6.84. The number of nitrogens with zero attached hydrogens (tertiary/aromatic N) is 2. The predicted molar refractivity (Wildman–Crippen MR) is 81.0 cm³/mol. The Morgan fingerprint density at radius 1 is 1.21 bits per heavy atom. The lowest BCUT2D eigenvalue weighted by molar-refractivity contribution is 0.135. The molecule has 3 nitrogen and oxygen atoms in total. The average molecular weight is 259 g/mol. The number of hydrogen-bond acceptors (Lipinski definition) is 3. The highest BCUT2D eigenvalue weighted by Crippen LogP contribution is 2.39. The fourth-order valence-corrected chi connectivity index (χ4v) is 3.28. The standard InChI is InChI=1S/C16H25N3/c1-12(2)10-16(14-8-6-5-7-9-14)11-18-15(17)19(16)13(3)4/h5-9,12-13H,10-11H2,1-4H3,(H2,17,18). The molecule has 2 N–H and O–H groups in total. The summed E-state index contributed by atoms with van der Waals surface area (Å²) in [6.07, 6.45) is 1.07. The quantitative estimate of drug-likeness (QED) is 0.903. The van der Waals surface area contributed by atoms with E-state index in [0.717, 1.165) is 13.0 Å². The van der Waals surface area contributed by atoms with Crippen molar-refractivity contribution < 1.29 is 0 Å². The molecule has 3 heteroatoms. The second kappa shape index (κ2) is 5.24. The number of aliphatic imine (C=N–C) groups is 1. The minimum absolute atomic E-state index is 0.0757. The van der Waals surface area contributed by atoms with E-state index < -0.39 is 0 Å². The van der Waals surface area contributed by atoms with Crippen LogP contribution in [0.3, 0.4) is 0 Å². The number of benzene rings is 1. The number of nitrogens with two attached hydrogens (primary N) is 1. The Hall–Kier alpha value is -1.51. The molecule has 1 aromatic rings. The van der Waals surface area contributed by atoms with Gasteiger partial charge in [-0.15, -0.1) is 0 Å². The smallest absolute Gasteiger partial charge is 0.192 e. The lowest BCUT2D eigenvalue weighted by atomic mass is 9.81. The zero-order chi connectivity index (χ0) is 14.0. The van der Waals surface area contributed by atoms with Gasteiger partial charge in [-0.1, -0.05) is 44.2 Å². The van der Waals surface area contributed by atoms with Crippen molar-refractivity contribution in [3.63, 3.8) is 0 Å². The maximum atomic E-state index is 6.14. The molecule has 0 saturated heterocycles. The van der Waals surface area contributed by atoms with Gasteiger partial charge in [0.1, 0.15) is 0 Å². The highest BCUT2D eigenvalue weighted by molar-refractivity contribution is 5.81. The van der Waals surface area contributed by atoms with Crippen LogP contribution in [0.4, 0.5) is 0 Å². The minimum atomic E-state index is -0.0757. The zero-order valence-corrected chi connectivity index (χ0v) is 12.4. The van der Waals surface area contributed by atoms with Crippen LogP contribution in [0.15, 0.2) is 35.3 Å². The first-order valence-corrected chi connectivity index (χ1v) is 7.12. The Bertz CT molecular complexity index is 450. The molecule has 0 saturated carbocycles. The molecule has 1 aliphatic rings. The molecule has 104 valence electrons. The zero-order valence-electron chi connectivity index (χ0n) is 12.4. The van der Waals surface area contributed by atoms with Crippen LogP contribution >= 0.6 is 0 Å². The lowest BCUT2D eigenvalue weighted by Crippen LogP contribution is -2.53. The van der Waals surface area contributed by atoms with E-state index >= 15 is 0 Å². The van der Waals surface area contributed by atoms with Crippen molar-refractivity contribution in [3.05, 3.63) is 35.9 Å². The van der Waals surface area contributed by atoms with Crippen molar-refractivity contribution in [3.8, 4) is 0 Å². The van der Waals surface area contributed by atoms with Gasteiger partial charge in [-0.05, 0) is 31.7 Å². The summed E-state index contributed by atoms with van der Waals surface area (Å²) in [7, 11) is 0. The van der Waals surface area contributed by atoms with Crippen LogP contribution in [0.25, 0.3) is 0 Å². The first kappa shape index (κ1) is 13.9. The van der Waals surface area contributed by atoms with Crippen LogP contribution in [0.2, 0.25) is 0 Å². The van der Waals surface area contributed by atoms with Crippen LogP contribution in [0.5, 0.6) is 0 Å². The Balaban J connectivity index is 2.47. The monoisotopic (exact) mass is 259 g/mol. The molecule has 0 spiro atoms. The average Bonchev–Trinajstić information content (AvgIpc) is 2.68. The number of guanidine groups is 1. The molecule has 1 heterocycles. The molecule has 2 rings (SSSR count). The Labute approximate surface area is 116 Å². The van der Waals surface area contributed by atoms with Gasteiger partial charge in [0, 0.05) is 6.04 Å². The largest absolute Gasteiger partial charge is 0.370 e. The molecule has 1 atom stereocenters. The van der Waals surface area contributed by atoms with Crippen molar-refractivity contribution in [1.82, 2.24) is 4.90 Å². The maximum absolute atomic E-state index is 6.14. The van der Waals surface area contributed by atoms with Crippen LogP contribution in [0.1, 0.15) is 39.7 Å². The summed E-state index contributed by atoms with van der Waals surface area (Å²) in [6.45, 7) is 9.66. The van der Waals surface area contributed by atoms with Gasteiger partial charge in [0.15, 0.2) is 5.96 Å². The molecule has 1 aliphatic heterocycles. The van der Waals surface area contributed by atoms with E-state index in [2.05, 4.69) is 67.9 Å². The highest BCUT2D eigenvalue weighted by Gasteiger charge is 2.45. The van der Waals surface area contributed by atoms with Crippen LogP contribution in [0, 0.1) is 5.92 Å². The van der Waals surface area contributed by atoms with Crippen molar-refractivity contribution in [1.29, 1.82) is 0 Å². The molecule has 0 radical (unpaired) electrons. The maximum Gasteiger partial charge on any atom is 0.192 e. The van der Waals surface area contributed by atoms with Gasteiger partial charge >= 0.3 is 0 Å². The van der Waals surface area contributed by atoms with Crippen molar-refractivity contribution in [2.75, 3.05) is 6.54 Å². The van der Waals surface area contributed by atoms with E-state index in [-0.39, 0.29) is 5.54 Å². The SMILES string of the molecule is CC(C)CC1(c2ccccc2)CN=C(N)N1C(C)C. The first-order valence-electron chi connectivity index (χ1n) is 7.12. The highest BCUT2D eigenvalue weighted by atomic mass is 15.4. The molecule has 0 bridgehead atoms. The predicted octanol–water partition coefficient (Wildman–Crippen LogP) is 2.97. The molecule has 0 aromatic heterocycles. The van der Waals surface area contributed by atoms with Crippen LogP contribution < -0.4 is 5.73 Å². The van der Waals surface area contributed by atoms with E-state index in [0.29, 0.717) is 17.9 Å². The normalized spacial score (nSPS) is 23.3. The fraction of sp³-hybridized carbons (Fsp3) is 0.562. The molecule has 0 fully saturated rings. The van der Waals surface area contributed by atoms with Crippen LogP contribution in [-0.4, -0.2) is 23.4 Å². The molecule has 19 heavy (non-hydrogen) atoms. The molecule has 1 aromatic carbocycles. The van der Waals surface area contributed by atoms with Gasteiger partial charge < -0.3 is 10.6 Å². The summed E-state index contributed by atoms with van der Waals surface area (Å²) in [5.41, 5.74) is 7.39. The van der Waals surface area contributed by atoms with Crippen molar-refractivity contribution >= 4 is 5.96 Å². The second-order valence-electron chi connectivity index (χ2n) is 6.13. The van der Waals surface area contributed by atoms with Gasteiger partial charge in [0.25, 0.3) is 0 Å². The lowest BCUT2D eigenvalue weighted by Gasteiger charge is -2.43. The van der Waals surface area contributed by atoms with E-state index in [1.165, 1.54) is 5.56 Å². The Morgan fingerprint density at radius 3 is 2.37 bits per heavy atom. The van der Waals surface area contributed by atoms with Gasteiger partial charge in [0.05, 0.1) is 12.1 Å². The van der Waals surface area contributed by atoms with E-state index in [4.69, 9.17) is 5.73 Å². The Kier molecular flexibility index (Phi) is 3.83. The summed E-state index contributed by atoms with van der Waals surface area (Å²) in [5, 5.41) is 0. The summed E-state index contributed by atoms with van der Waals surface area (Å²) >= 11 is 0. The third-order valence-electron chi connectivity index (χ3n) is 3.78. The number of hydrogen-bond donors (Lipinski definition) is 1. The van der Waals surface area contributed by atoms with Crippen molar-refractivity contribution in [2.24, 2.45) is 16.6 Å². The van der Waals surface area contributed by atoms with Crippen molar-refractivity contribution in [2.45, 2.75) is 45.7 Å².